The standard InChI is InChI=1S/C27H25F3N2O3/c1-5-27(34,6-2)26-31-23(25(35-26)20-9-8-18(28)13-21(20)30)17-7-10-22(33)32(14-17)24-15(3)11-19(29)12-16(24)4/h7-14,34H,5-6H2,1-4H3. The number of aliphatic hydroxyl groups is 1. The number of hydrogen-bond acceptors (Lipinski definition) is 4. The van der Waals surface area contributed by atoms with Gasteiger partial charge >= 0.3 is 0 Å². The van der Waals surface area contributed by atoms with Crippen LogP contribution in [0, 0.1) is 31.3 Å². The van der Waals surface area contributed by atoms with Crippen molar-refractivity contribution in [3.8, 4) is 28.3 Å². The molecular weight excluding hydrogens is 457 g/mol. The highest BCUT2D eigenvalue weighted by atomic mass is 19.1. The highest BCUT2D eigenvalue weighted by molar-refractivity contribution is 5.77. The lowest BCUT2D eigenvalue weighted by atomic mass is 9.98. The zero-order chi connectivity index (χ0) is 25.5. The lowest BCUT2D eigenvalue weighted by Crippen LogP contribution is -2.23. The lowest BCUT2D eigenvalue weighted by Gasteiger charge is -2.20. The number of halogens is 3. The molecule has 4 rings (SSSR count). The Balaban J connectivity index is 1.99. The van der Waals surface area contributed by atoms with Crippen LogP contribution in [0.15, 0.2) is 57.9 Å². The van der Waals surface area contributed by atoms with E-state index < -0.39 is 23.1 Å². The molecule has 0 unspecified atom stereocenters. The molecule has 182 valence electrons. The van der Waals surface area contributed by atoms with E-state index in [-0.39, 0.29) is 28.5 Å². The summed E-state index contributed by atoms with van der Waals surface area (Å²) in [5, 5.41) is 11.0. The van der Waals surface area contributed by atoms with Crippen molar-refractivity contribution < 1.29 is 22.7 Å². The molecule has 0 radical (unpaired) electrons. The van der Waals surface area contributed by atoms with E-state index in [1.807, 2.05) is 0 Å². The Morgan fingerprint density at radius 3 is 2.23 bits per heavy atom. The molecule has 0 bridgehead atoms. The minimum atomic E-state index is -1.40. The average molecular weight is 483 g/mol. The van der Waals surface area contributed by atoms with E-state index in [0.29, 0.717) is 35.2 Å². The molecule has 0 aliphatic heterocycles. The van der Waals surface area contributed by atoms with Gasteiger partial charge in [-0.25, -0.2) is 18.2 Å². The number of rotatable bonds is 6. The monoisotopic (exact) mass is 482 g/mol. The normalized spacial score (nSPS) is 11.8. The number of nitrogens with zero attached hydrogens (tertiary/aromatic N) is 2. The molecule has 0 atom stereocenters. The maximum atomic E-state index is 14.8. The van der Waals surface area contributed by atoms with Gasteiger partial charge in [0.05, 0.1) is 11.3 Å². The second-order valence-corrected chi connectivity index (χ2v) is 8.57. The summed E-state index contributed by atoms with van der Waals surface area (Å²) in [7, 11) is 0. The van der Waals surface area contributed by atoms with Gasteiger partial charge in [0.15, 0.2) is 5.76 Å². The summed E-state index contributed by atoms with van der Waals surface area (Å²) in [6.45, 7) is 6.93. The van der Waals surface area contributed by atoms with Gasteiger partial charge in [0, 0.05) is 23.9 Å². The van der Waals surface area contributed by atoms with Gasteiger partial charge in [-0.3, -0.25) is 9.36 Å². The third-order valence-electron chi connectivity index (χ3n) is 6.25. The Labute approximate surface area is 200 Å². The summed E-state index contributed by atoms with van der Waals surface area (Å²) in [4.78, 5) is 17.3. The highest BCUT2D eigenvalue weighted by Crippen LogP contribution is 2.39. The molecule has 0 saturated heterocycles. The molecule has 2 aromatic heterocycles. The molecule has 4 aromatic rings. The number of pyridine rings is 1. The molecule has 0 saturated carbocycles. The quantitative estimate of drug-likeness (QED) is 0.355. The zero-order valence-electron chi connectivity index (χ0n) is 19.8. The summed E-state index contributed by atoms with van der Waals surface area (Å²) in [5.41, 5.74) is 0.396. The van der Waals surface area contributed by atoms with E-state index in [0.717, 1.165) is 12.1 Å². The van der Waals surface area contributed by atoms with Crippen molar-refractivity contribution in [3.05, 3.63) is 93.5 Å². The van der Waals surface area contributed by atoms with Crippen LogP contribution in [0.25, 0.3) is 28.3 Å². The summed E-state index contributed by atoms with van der Waals surface area (Å²) in [6.07, 6.45) is 2.10. The number of aromatic nitrogens is 2. The minimum absolute atomic E-state index is 0.00410. The van der Waals surface area contributed by atoms with E-state index in [4.69, 9.17) is 4.42 Å². The number of aryl methyl sites for hydroxylation is 2. The Bertz CT molecular complexity index is 1450. The first-order chi connectivity index (χ1) is 16.6. The summed E-state index contributed by atoms with van der Waals surface area (Å²) < 4.78 is 49.5. The third kappa shape index (κ3) is 4.41. The molecule has 1 N–H and O–H groups in total. The molecule has 0 fully saturated rings. The van der Waals surface area contributed by atoms with Crippen molar-refractivity contribution in [1.29, 1.82) is 0 Å². The SMILES string of the molecule is CCC(O)(CC)c1nc(-c2ccc(=O)n(-c3c(C)cc(F)cc3C)c2)c(-c2ccc(F)cc2F)o1. The fourth-order valence-corrected chi connectivity index (χ4v) is 4.21. The van der Waals surface area contributed by atoms with Crippen LogP contribution in [0.5, 0.6) is 0 Å². The fourth-order valence-electron chi connectivity index (χ4n) is 4.21. The number of hydrogen-bond donors (Lipinski definition) is 1. The van der Waals surface area contributed by atoms with Crippen molar-refractivity contribution in [2.75, 3.05) is 0 Å². The first-order valence-corrected chi connectivity index (χ1v) is 11.3. The highest BCUT2D eigenvalue weighted by Gasteiger charge is 2.33. The van der Waals surface area contributed by atoms with Crippen molar-refractivity contribution in [2.45, 2.75) is 46.1 Å². The topological polar surface area (TPSA) is 68.3 Å². The van der Waals surface area contributed by atoms with Crippen LogP contribution < -0.4 is 5.56 Å². The van der Waals surface area contributed by atoms with Crippen molar-refractivity contribution in [2.24, 2.45) is 0 Å². The van der Waals surface area contributed by atoms with E-state index in [1.54, 1.807) is 27.7 Å². The van der Waals surface area contributed by atoms with Crippen molar-refractivity contribution >= 4 is 0 Å². The predicted octanol–water partition coefficient (Wildman–Crippen LogP) is 6.20. The van der Waals surface area contributed by atoms with Gasteiger partial charge in [-0.1, -0.05) is 13.8 Å². The Kier molecular flexibility index (Phi) is 6.42. The van der Waals surface area contributed by atoms with Gasteiger partial charge < -0.3 is 9.52 Å². The summed E-state index contributed by atoms with van der Waals surface area (Å²) in [6, 6.07) is 8.57. The molecule has 35 heavy (non-hydrogen) atoms. The van der Waals surface area contributed by atoms with Crippen LogP contribution in [0.3, 0.4) is 0 Å². The molecular formula is C27H25F3N2O3. The molecule has 2 heterocycles. The second kappa shape index (κ2) is 9.19. The first-order valence-electron chi connectivity index (χ1n) is 11.3. The van der Waals surface area contributed by atoms with Crippen LogP contribution in [0.4, 0.5) is 13.2 Å². The van der Waals surface area contributed by atoms with Crippen molar-refractivity contribution in [3.63, 3.8) is 0 Å². The maximum absolute atomic E-state index is 14.8. The Morgan fingerprint density at radius 1 is 0.971 bits per heavy atom. The van der Waals surface area contributed by atoms with Gasteiger partial charge in [-0.05, 0) is 68.1 Å². The zero-order valence-corrected chi connectivity index (χ0v) is 19.8. The van der Waals surface area contributed by atoms with Gasteiger partial charge in [0.25, 0.3) is 5.56 Å². The van der Waals surface area contributed by atoms with E-state index in [9.17, 15) is 23.1 Å². The van der Waals surface area contributed by atoms with Crippen LogP contribution >= 0.6 is 0 Å². The summed E-state index contributed by atoms with van der Waals surface area (Å²) in [5.74, 6) is -2.04. The van der Waals surface area contributed by atoms with Gasteiger partial charge in [-0.15, -0.1) is 0 Å². The minimum Gasteiger partial charge on any atom is -0.437 e. The smallest absolute Gasteiger partial charge is 0.255 e. The van der Waals surface area contributed by atoms with Gasteiger partial charge in [0.2, 0.25) is 5.89 Å². The molecule has 5 nitrogen and oxygen atoms in total. The third-order valence-corrected chi connectivity index (χ3v) is 6.25. The predicted molar refractivity (Wildman–Crippen MR) is 127 cm³/mol. The lowest BCUT2D eigenvalue weighted by molar-refractivity contribution is 0.00219. The molecule has 0 amide bonds. The van der Waals surface area contributed by atoms with Crippen LogP contribution in [-0.2, 0) is 5.60 Å². The number of benzene rings is 2. The van der Waals surface area contributed by atoms with Crippen LogP contribution in [-0.4, -0.2) is 14.7 Å². The van der Waals surface area contributed by atoms with Crippen molar-refractivity contribution in [1.82, 2.24) is 9.55 Å². The molecule has 0 spiro atoms. The first kappa shape index (κ1) is 24.5. The molecule has 0 aliphatic rings. The molecule has 8 heteroatoms. The largest absolute Gasteiger partial charge is 0.437 e. The second-order valence-electron chi connectivity index (χ2n) is 8.57. The fraction of sp³-hybridized carbons (Fsp3) is 0.259. The number of oxazole rings is 1. The van der Waals surface area contributed by atoms with Crippen LogP contribution in [0.2, 0.25) is 0 Å². The van der Waals surface area contributed by atoms with E-state index in [1.165, 1.54) is 41.1 Å². The Morgan fingerprint density at radius 2 is 1.63 bits per heavy atom. The maximum Gasteiger partial charge on any atom is 0.255 e. The van der Waals surface area contributed by atoms with Crippen LogP contribution in [0.1, 0.15) is 43.7 Å². The van der Waals surface area contributed by atoms with E-state index in [2.05, 4.69) is 4.98 Å². The van der Waals surface area contributed by atoms with E-state index >= 15 is 0 Å². The summed E-state index contributed by atoms with van der Waals surface area (Å²) >= 11 is 0. The molecule has 0 aliphatic carbocycles. The Hall–Kier alpha value is -3.65. The van der Waals surface area contributed by atoms with Gasteiger partial charge in [0.1, 0.15) is 28.7 Å². The van der Waals surface area contributed by atoms with Gasteiger partial charge in [-0.2, -0.15) is 0 Å². The molecule has 2 aromatic carbocycles. The average Bonchev–Trinajstić information content (AvgIpc) is 3.25.